The number of benzene rings is 1. The molecule has 0 aliphatic rings. The first-order chi connectivity index (χ1) is 11.8. The molecule has 0 bridgehead atoms. The summed E-state index contributed by atoms with van der Waals surface area (Å²) < 4.78 is 1.71. The standard InChI is InChI=1S/C15H14N6O.CH5N/c1-3-18-14(19-10-22)13(17-2)15-20-11-6-4-5-7-12(11)21(15)9-8-16;1-2/h3-7,10H,2,9H2,1H3,(H,19,22);2H2,1H3/b14-13+,18-3-;. The number of rotatable bonds is 6. The Morgan fingerprint density at radius 1 is 1.50 bits per heavy atom. The van der Waals surface area contributed by atoms with E-state index in [1.807, 2.05) is 24.3 Å². The average Bonchev–Trinajstić information content (AvgIpc) is 2.97. The van der Waals surface area contributed by atoms with Crippen molar-refractivity contribution in [2.24, 2.45) is 15.7 Å². The molecule has 2 rings (SSSR count). The number of imidazole rings is 1. The van der Waals surface area contributed by atoms with Crippen LogP contribution in [-0.2, 0) is 11.3 Å². The molecule has 0 aliphatic heterocycles. The van der Waals surface area contributed by atoms with Crippen LogP contribution >= 0.6 is 0 Å². The first-order valence-electron chi connectivity index (χ1n) is 7.07. The second-order valence-corrected chi connectivity index (χ2v) is 4.17. The first kappa shape index (κ1) is 18.7. The fraction of sp³-hybridized carbons (Fsp3) is 0.188. The van der Waals surface area contributed by atoms with Crippen LogP contribution in [-0.4, -0.2) is 35.9 Å². The Balaban J connectivity index is 0.00000139. The van der Waals surface area contributed by atoms with Crippen molar-refractivity contribution in [3.05, 3.63) is 35.9 Å². The molecule has 124 valence electrons. The van der Waals surface area contributed by atoms with E-state index in [2.05, 4.69) is 38.8 Å². The highest BCUT2D eigenvalue weighted by atomic mass is 16.1. The van der Waals surface area contributed by atoms with Gasteiger partial charge in [-0.25, -0.2) is 9.98 Å². The summed E-state index contributed by atoms with van der Waals surface area (Å²) in [6, 6.07) is 9.51. The zero-order valence-electron chi connectivity index (χ0n) is 13.6. The number of carbonyl (C=O) groups is 1. The molecule has 1 amide bonds. The van der Waals surface area contributed by atoms with Crippen molar-refractivity contribution < 1.29 is 4.79 Å². The molecule has 1 aromatic carbocycles. The zero-order chi connectivity index (χ0) is 17.9. The van der Waals surface area contributed by atoms with E-state index in [1.165, 1.54) is 13.3 Å². The maximum absolute atomic E-state index is 10.8. The second kappa shape index (κ2) is 9.66. The molecular formula is C16H19N7O. The average molecular weight is 325 g/mol. The quantitative estimate of drug-likeness (QED) is 0.614. The van der Waals surface area contributed by atoms with Crippen LogP contribution in [0.3, 0.4) is 0 Å². The molecule has 0 fully saturated rings. The van der Waals surface area contributed by atoms with Gasteiger partial charge in [0.05, 0.1) is 17.1 Å². The van der Waals surface area contributed by atoms with Crippen molar-refractivity contribution in [3.8, 4) is 6.07 Å². The molecule has 8 heteroatoms. The Bertz CT molecular complexity index is 811. The smallest absolute Gasteiger partial charge is 0.212 e. The number of amides is 1. The summed E-state index contributed by atoms with van der Waals surface area (Å²) in [6.45, 7) is 5.33. The van der Waals surface area contributed by atoms with E-state index in [1.54, 1.807) is 11.5 Å². The number of fused-ring (bicyclic) bond motifs is 1. The largest absolute Gasteiger partial charge is 0.333 e. The fourth-order valence-electron chi connectivity index (χ4n) is 2.09. The van der Waals surface area contributed by atoms with Gasteiger partial charge in [0.15, 0.2) is 11.6 Å². The number of hydrogen-bond acceptors (Lipinski definition) is 6. The number of nitrogens with one attached hydrogen (secondary N) is 1. The number of para-hydroxylation sites is 2. The van der Waals surface area contributed by atoms with Crippen molar-refractivity contribution in [1.82, 2.24) is 14.9 Å². The Morgan fingerprint density at radius 3 is 2.79 bits per heavy atom. The molecule has 8 nitrogen and oxygen atoms in total. The van der Waals surface area contributed by atoms with Crippen LogP contribution < -0.4 is 11.1 Å². The molecule has 1 aromatic heterocycles. The fourth-order valence-corrected chi connectivity index (χ4v) is 2.09. The Kier molecular flexibility index (Phi) is 7.54. The Labute approximate surface area is 140 Å². The Morgan fingerprint density at radius 2 is 2.21 bits per heavy atom. The van der Waals surface area contributed by atoms with Crippen LogP contribution in [0, 0.1) is 11.3 Å². The van der Waals surface area contributed by atoms with Gasteiger partial charge in [-0.3, -0.25) is 9.79 Å². The molecule has 2 aromatic rings. The van der Waals surface area contributed by atoms with Crippen molar-refractivity contribution in [1.29, 1.82) is 5.26 Å². The van der Waals surface area contributed by atoms with Gasteiger partial charge in [-0.15, -0.1) is 0 Å². The molecule has 1 heterocycles. The van der Waals surface area contributed by atoms with E-state index in [0.717, 1.165) is 11.0 Å². The predicted octanol–water partition coefficient (Wildman–Crippen LogP) is 1.30. The van der Waals surface area contributed by atoms with Crippen LogP contribution in [0.2, 0.25) is 0 Å². The molecule has 0 radical (unpaired) electrons. The van der Waals surface area contributed by atoms with Gasteiger partial charge in [0.25, 0.3) is 0 Å². The maximum atomic E-state index is 10.8. The summed E-state index contributed by atoms with van der Waals surface area (Å²) in [7, 11) is 1.50. The number of nitriles is 1. The molecule has 24 heavy (non-hydrogen) atoms. The monoisotopic (exact) mass is 325 g/mol. The van der Waals surface area contributed by atoms with Gasteiger partial charge in [0.1, 0.15) is 12.2 Å². The summed E-state index contributed by atoms with van der Waals surface area (Å²) >= 11 is 0. The van der Waals surface area contributed by atoms with E-state index in [4.69, 9.17) is 5.26 Å². The van der Waals surface area contributed by atoms with Gasteiger partial charge >= 0.3 is 0 Å². The normalized spacial score (nSPS) is 11.2. The third kappa shape index (κ3) is 3.91. The summed E-state index contributed by atoms with van der Waals surface area (Å²) in [5, 5.41) is 11.5. The highest BCUT2D eigenvalue weighted by Gasteiger charge is 2.17. The maximum Gasteiger partial charge on any atom is 0.212 e. The van der Waals surface area contributed by atoms with Gasteiger partial charge in [0.2, 0.25) is 6.41 Å². The van der Waals surface area contributed by atoms with E-state index in [0.29, 0.717) is 17.9 Å². The lowest BCUT2D eigenvalue weighted by molar-refractivity contribution is -0.108. The molecule has 0 saturated carbocycles. The summed E-state index contributed by atoms with van der Waals surface area (Å²) in [4.78, 5) is 23.3. The second-order valence-electron chi connectivity index (χ2n) is 4.17. The van der Waals surface area contributed by atoms with Crippen molar-refractivity contribution in [2.45, 2.75) is 13.5 Å². The Hall–Kier alpha value is -3.31. The number of aliphatic imine (C=N–C) groups is 2. The molecule has 0 aliphatic carbocycles. The first-order valence-corrected chi connectivity index (χ1v) is 7.07. The minimum atomic E-state index is 0.0963. The van der Waals surface area contributed by atoms with Gasteiger partial charge in [-0.2, -0.15) is 5.26 Å². The molecule has 0 spiro atoms. The number of hydrogen-bond donors (Lipinski definition) is 2. The number of nitrogens with two attached hydrogens (primary N) is 1. The lowest BCUT2D eigenvalue weighted by Crippen LogP contribution is -2.13. The highest BCUT2D eigenvalue weighted by molar-refractivity contribution is 5.82. The zero-order valence-corrected chi connectivity index (χ0v) is 13.6. The van der Waals surface area contributed by atoms with Crippen LogP contribution in [0.25, 0.3) is 16.7 Å². The highest BCUT2D eigenvalue weighted by Crippen LogP contribution is 2.24. The van der Waals surface area contributed by atoms with Crippen LogP contribution in [0.4, 0.5) is 0 Å². The number of nitrogens with zero attached hydrogens (tertiary/aromatic N) is 5. The minimum absolute atomic E-state index is 0.0963. The van der Waals surface area contributed by atoms with Gasteiger partial charge in [-0.05, 0) is 32.8 Å². The van der Waals surface area contributed by atoms with Crippen LogP contribution in [0.5, 0.6) is 0 Å². The third-order valence-corrected chi connectivity index (χ3v) is 2.93. The summed E-state index contributed by atoms with van der Waals surface area (Å²) in [5.74, 6) is 0.648. The van der Waals surface area contributed by atoms with E-state index >= 15 is 0 Å². The van der Waals surface area contributed by atoms with Crippen molar-refractivity contribution in [2.75, 3.05) is 7.05 Å². The third-order valence-electron chi connectivity index (χ3n) is 2.93. The lowest BCUT2D eigenvalue weighted by Gasteiger charge is -2.08. The number of aromatic nitrogens is 2. The van der Waals surface area contributed by atoms with E-state index < -0.39 is 0 Å². The number of carbonyl (C=O) groups excluding carboxylic acids is 1. The summed E-state index contributed by atoms with van der Waals surface area (Å²) in [5.41, 5.74) is 6.32. The van der Waals surface area contributed by atoms with Crippen molar-refractivity contribution in [3.63, 3.8) is 0 Å². The molecular weight excluding hydrogens is 306 g/mol. The topological polar surface area (TPSA) is 121 Å². The van der Waals surface area contributed by atoms with Crippen LogP contribution in [0.1, 0.15) is 12.7 Å². The molecule has 0 saturated heterocycles. The van der Waals surface area contributed by atoms with E-state index in [9.17, 15) is 4.79 Å². The minimum Gasteiger partial charge on any atom is -0.333 e. The predicted molar refractivity (Wildman–Crippen MR) is 95.3 cm³/mol. The van der Waals surface area contributed by atoms with E-state index in [-0.39, 0.29) is 12.4 Å². The van der Waals surface area contributed by atoms with Crippen LogP contribution in [0.15, 0.2) is 40.1 Å². The molecule has 0 unspecified atom stereocenters. The molecule has 0 atom stereocenters. The van der Waals surface area contributed by atoms with Gasteiger partial charge < -0.3 is 15.6 Å². The van der Waals surface area contributed by atoms with Crippen molar-refractivity contribution >= 4 is 36.1 Å². The lowest BCUT2D eigenvalue weighted by atomic mass is 10.3. The van der Waals surface area contributed by atoms with Gasteiger partial charge in [0, 0.05) is 6.21 Å². The van der Waals surface area contributed by atoms with Gasteiger partial charge in [-0.1, -0.05) is 12.1 Å². The SMILES string of the molecule is C=N/C(=C(\N=C/C)NC=O)c1nc2ccccc2n1CC#N.CN. The summed E-state index contributed by atoms with van der Waals surface area (Å²) in [6.07, 6.45) is 2.03. The molecule has 3 N–H and O–H groups in total.